The number of aromatic nitrogens is 1. The Bertz CT molecular complexity index is 973. The minimum atomic E-state index is -0.675. The highest BCUT2D eigenvalue weighted by Crippen LogP contribution is 2.40. The summed E-state index contributed by atoms with van der Waals surface area (Å²) in [6.45, 7) is 1.72. The van der Waals surface area contributed by atoms with Crippen molar-refractivity contribution in [2.24, 2.45) is 5.73 Å². The predicted octanol–water partition coefficient (Wildman–Crippen LogP) is 2.02. The van der Waals surface area contributed by atoms with Crippen LogP contribution in [0, 0.1) is 18.3 Å². The van der Waals surface area contributed by atoms with E-state index in [4.69, 9.17) is 22.1 Å². The van der Waals surface area contributed by atoms with Gasteiger partial charge >= 0.3 is 0 Å². The Labute approximate surface area is 149 Å². The van der Waals surface area contributed by atoms with Gasteiger partial charge in [0.25, 0.3) is 5.56 Å². The molecule has 1 aromatic carbocycles. The molecule has 0 radical (unpaired) electrons. The Hall–Kier alpha value is -2.75. The van der Waals surface area contributed by atoms with Crippen molar-refractivity contribution in [3.05, 3.63) is 74.0 Å². The van der Waals surface area contributed by atoms with Gasteiger partial charge in [0.05, 0.1) is 18.1 Å². The molecule has 0 unspecified atom stereocenters. The number of rotatable bonds is 3. The van der Waals surface area contributed by atoms with E-state index in [9.17, 15) is 15.2 Å². The van der Waals surface area contributed by atoms with E-state index in [1.54, 1.807) is 37.3 Å². The molecule has 2 aromatic rings. The van der Waals surface area contributed by atoms with Crippen LogP contribution in [0.4, 0.5) is 0 Å². The highest BCUT2D eigenvalue weighted by molar-refractivity contribution is 6.30. The van der Waals surface area contributed by atoms with E-state index >= 15 is 0 Å². The molecule has 6 nitrogen and oxygen atoms in total. The summed E-state index contributed by atoms with van der Waals surface area (Å²) in [5.41, 5.74) is 7.38. The smallest absolute Gasteiger partial charge is 0.258 e. The summed E-state index contributed by atoms with van der Waals surface area (Å²) in [7, 11) is 0. The minimum absolute atomic E-state index is 0.0290. The number of pyridine rings is 1. The maximum atomic E-state index is 13.0. The van der Waals surface area contributed by atoms with Gasteiger partial charge in [-0.3, -0.25) is 4.79 Å². The molecule has 1 aliphatic rings. The number of hydrogen-bond acceptors (Lipinski definition) is 5. The van der Waals surface area contributed by atoms with Crippen LogP contribution in [-0.2, 0) is 6.54 Å². The summed E-state index contributed by atoms with van der Waals surface area (Å²) < 4.78 is 6.99. The van der Waals surface area contributed by atoms with Gasteiger partial charge in [0.15, 0.2) is 0 Å². The van der Waals surface area contributed by atoms with Gasteiger partial charge in [-0.25, -0.2) is 0 Å². The average Bonchev–Trinajstić information content (AvgIpc) is 2.57. The quantitative estimate of drug-likeness (QED) is 0.875. The second-order valence-electron chi connectivity index (χ2n) is 5.72. The topological polar surface area (TPSA) is 101 Å². The highest BCUT2D eigenvalue weighted by Gasteiger charge is 2.34. The Kier molecular flexibility index (Phi) is 4.53. The fourth-order valence-corrected chi connectivity index (χ4v) is 3.28. The van der Waals surface area contributed by atoms with Gasteiger partial charge in [-0.1, -0.05) is 23.7 Å². The lowest BCUT2D eigenvalue weighted by Gasteiger charge is -2.27. The molecule has 128 valence electrons. The average molecular weight is 358 g/mol. The first-order valence-electron chi connectivity index (χ1n) is 7.66. The Morgan fingerprint density at radius 2 is 2.20 bits per heavy atom. The molecular formula is C18H16ClN3O3. The normalized spacial score (nSPS) is 16.2. The second kappa shape index (κ2) is 6.63. The summed E-state index contributed by atoms with van der Waals surface area (Å²) in [5, 5.41) is 19.3. The van der Waals surface area contributed by atoms with E-state index in [0.29, 0.717) is 27.6 Å². The first-order chi connectivity index (χ1) is 12.0. The Morgan fingerprint density at radius 1 is 1.44 bits per heavy atom. The van der Waals surface area contributed by atoms with Crippen LogP contribution in [0.25, 0.3) is 0 Å². The van der Waals surface area contributed by atoms with Gasteiger partial charge in [0.2, 0.25) is 5.88 Å². The zero-order chi connectivity index (χ0) is 18.1. The summed E-state index contributed by atoms with van der Waals surface area (Å²) in [4.78, 5) is 13.0. The van der Waals surface area contributed by atoms with Crippen molar-refractivity contribution in [3.63, 3.8) is 0 Å². The number of aliphatic hydroxyl groups excluding tert-OH is 1. The molecule has 7 heteroatoms. The van der Waals surface area contributed by atoms with E-state index < -0.39 is 5.92 Å². The molecule has 0 bridgehead atoms. The largest absolute Gasteiger partial charge is 0.440 e. The summed E-state index contributed by atoms with van der Waals surface area (Å²) in [6, 6.07) is 10.7. The van der Waals surface area contributed by atoms with Crippen molar-refractivity contribution in [1.29, 1.82) is 5.26 Å². The van der Waals surface area contributed by atoms with E-state index in [1.807, 2.05) is 6.07 Å². The summed E-state index contributed by atoms with van der Waals surface area (Å²) in [5.74, 6) is -0.387. The molecule has 3 rings (SSSR count). The lowest BCUT2D eigenvalue weighted by atomic mass is 9.84. The molecule has 0 saturated heterocycles. The minimum Gasteiger partial charge on any atom is -0.440 e. The van der Waals surface area contributed by atoms with Gasteiger partial charge in [-0.2, -0.15) is 5.26 Å². The van der Waals surface area contributed by atoms with E-state index in [2.05, 4.69) is 0 Å². The van der Waals surface area contributed by atoms with Crippen molar-refractivity contribution in [2.45, 2.75) is 19.4 Å². The van der Waals surface area contributed by atoms with Crippen LogP contribution in [0.5, 0.6) is 5.75 Å². The van der Waals surface area contributed by atoms with E-state index in [1.165, 1.54) is 4.57 Å². The van der Waals surface area contributed by atoms with Crippen LogP contribution in [0.2, 0.25) is 5.02 Å². The maximum Gasteiger partial charge on any atom is 0.258 e. The molecule has 1 aromatic heterocycles. The van der Waals surface area contributed by atoms with Crippen LogP contribution in [-0.4, -0.2) is 16.3 Å². The van der Waals surface area contributed by atoms with Crippen molar-refractivity contribution in [1.82, 2.24) is 4.57 Å². The zero-order valence-electron chi connectivity index (χ0n) is 13.5. The molecule has 25 heavy (non-hydrogen) atoms. The maximum absolute atomic E-state index is 13.0. The predicted molar refractivity (Wildman–Crippen MR) is 93.3 cm³/mol. The van der Waals surface area contributed by atoms with Crippen molar-refractivity contribution < 1.29 is 9.84 Å². The van der Waals surface area contributed by atoms with E-state index in [-0.39, 0.29) is 30.2 Å². The number of allylic oxidation sites excluding steroid dienone is 1. The first-order valence-corrected chi connectivity index (χ1v) is 8.04. The van der Waals surface area contributed by atoms with Crippen LogP contribution in [0.15, 0.2) is 46.6 Å². The Morgan fingerprint density at radius 3 is 2.84 bits per heavy atom. The SMILES string of the molecule is Cc1cc2c(c(=O)n1CCO)[C@@H](c1cccc(Cl)c1)C(C#N)=C(N)O2. The number of nitrogens with two attached hydrogens (primary N) is 1. The third-order valence-corrected chi connectivity index (χ3v) is 4.43. The fraction of sp³-hybridized carbons (Fsp3) is 0.222. The van der Waals surface area contributed by atoms with Gasteiger partial charge in [0.1, 0.15) is 17.4 Å². The van der Waals surface area contributed by atoms with Gasteiger partial charge in [-0.15, -0.1) is 0 Å². The second-order valence-corrected chi connectivity index (χ2v) is 6.16. The number of ether oxygens (including phenoxy) is 1. The number of fused-ring (bicyclic) bond motifs is 1. The first kappa shape index (κ1) is 17.1. The zero-order valence-corrected chi connectivity index (χ0v) is 14.2. The number of hydrogen-bond donors (Lipinski definition) is 2. The highest BCUT2D eigenvalue weighted by atomic mass is 35.5. The molecule has 3 N–H and O–H groups in total. The Balaban J connectivity index is 2.33. The van der Waals surface area contributed by atoms with Crippen LogP contribution < -0.4 is 16.0 Å². The molecule has 1 aliphatic heterocycles. The lowest BCUT2D eigenvalue weighted by Crippen LogP contribution is -2.33. The molecule has 0 spiro atoms. The van der Waals surface area contributed by atoms with Crippen molar-refractivity contribution >= 4 is 11.6 Å². The standard InChI is InChI=1S/C18H16ClN3O3/c1-10-7-14-16(18(24)22(10)5-6-23)15(13(9-20)17(21)25-14)11-3-2-4-12(19)8-11/h2-4,7-8,15,23H,5-6,21H2,1H3/t15-/m0/s1. The number of aliphatic hydroxyl groups is 1. The molecule has 0 aliphatic carbocycles. The number of benzene rings is 1. The van der Waals surface area contributed by atoms with Crippen LogP contribution in [0.3, 0.4) is 0 Å². The third-order valence-electron chi connectivity index (χ3n) is 4.20. The fourth-order valence-electron chi connectivity index (χ4n) is 3.08. The number of halogens is 1. The third kappa shape index (κ3) is 2.88. The van der Waals surface area contributed by atoms with E-state index in [0.717, 1.165) is 0 Å². The molecule has 0 amide bonds. The molecule has 1 atom stereocenters. The number of aryl methyl sites for hydroxylation is 1. The summed E-state index contributed by atoms with van der Waals surface area (Å²) in [6.07, 6.45) is 0. The van der Waals surface area contributed by atoms with Gasteiger partial charge in [-0.05, 0) is 24.6 Å². The lowest BCUT2D eigenvalue weighted by molar-refractivity contribution is 0.272. The van der Waals surface area contributed by atoms with Gasteiger partial charge < -0.3 is 20.1 Å². The molecule has 0 fully saturated rings. The molecule has 2 heterocycles. The molecular weight excluding hydrogens is 342 g/mol. The summed E-state index contributed by atoms with van der Waals surface area (Å²) >= 11 is 6.09. The van der Waals surface area contributed by atoms with Crippen molar-refractivity contribution in [3.8, 4) is 11.8 Å². The van der Waals surface area contributed by atoms with Gasteiger partial charge in [0, 0.05) is 23.3 Å². The van der Waals surface area contributed by atoms with Crippen molar-refractivity contribution in [2.75, 3.05) is 6.61 Å². The number of nitrogens with zero attached hydrogens (tertiary/aromatic N) is 2. The number of nitriles is 1. The molecule has 0 saturated carbocycles. The monoisotopic (exact) mass is 357 g/mol. The van der Waals surface area contributed by atoms with Crippen LogP contribution in [0.1, 0.15) is 22.7 Å². The van der Waals surface area contributed by atoms with Crippen LogP contribution >= 0.6 is 11.6 Å².